The molecule has 0 aliphatic rings. The Morgan fingerprint density at radius 2 is 2.00 bits per heavy atom. The number of benzene rings is 1. The van der Waals surface area contributed by atoms with Gasteiger partial charge in [0.1, 0.15) is 12.2 Å². The highest BCUT2D eigenvalue weighted by atomic mass is 16.5. The summed E-state index contributed by atoms with van der Waals surface area (Å²) in [6.45, 7) is 0. The maximum Gasteiger partial charge on any atom is 0.315 e. The van der Waals surface area contributed by atoms with Crippen LogP contribution in [0.2, 0.25) is 0 Å². The number of carboxylic acid groups (broad SMARTS) is 2. The number of carbonyl (C=O) groups is 2. The van der Waals surface area contributed by atoms with E-state index < -0.39 is 11.9 Å². The summed E-state index contributed by atoms with van der Waals surface area (Å²) in [4.78, 5) is 21.0. The third-order valence-corrected chi connectivity index (χ3v) is 2.12. The van der Waals surface area contributed by atoms with E-state index in [9.17, 15) is 9.59 Å². The molecule has 0 aliphatic carbocycles. The normalized spacial score (nSPS) is 9.17. The maximum absolute atomic E-state index is 10.7. The van der Waals surface area contributed by atoms with Crippen LogP contribution in [0.15, 0.2) is 18.2 Å². The topological polar surface area (TPSA) is 83.8 Å². The van der Waals surface area contributed by atoms with Crippen molar-refractivity contribution in [3.05, 3.63) is 29.3 Å². The highest BCUT2D eigenvalue weighted by Crippen LogP contribution is 2.17. The van der Waals surface area contributed by atoms with Gasteiger partial charge in [0.25, 0.3) is 0 Å². The Bertz CT molecular complexity index is 522. The van der Waals surface area contributed by atoms with Gasteiger partial charge in [-0.3, -0.25) is 9.59 Å². The van der Waals surface area contributed by atoms with E-state index in [0.717, 1.165) is 0 Å². The average Bonchev–Trinajstić information content (AvgIpc) is 2.30. The lowest BCUT2D eigenvalue weighted by Gasteiger charge is -2.05. The summed E-state index contributed by atoms with van der Waals surface area (Å²) in [5, 5.41) is 17.2. The van der Waals surface area contributed by atoms with E-state index in [1.807, 2.05) is 0 Å². The van der Waals surface area contributed by atoms with Crippen molar-refractivity contribution in [2.45, 2.75) is 12.8 Å². The van der Waals surface area contributed by atoms with Gasteiger partial charge in [-0.25, -0.2) is 0 Å². The molecular weight excluding hydrogens is 236 g/mol. The Kier molecular flexibility index (Phi) is 4.76. The predicted octanol–water partition coefficient (Wildman–Crippen LogP) is 1.15. The molecule has 2 N–H and O–H groups in total. The predicted molar refractivity (Wildman–Crippen MR) is 63.5 cm³/mol. The molecular formula is C13H12O5. The highest BCUT2D eigenvalue weighted by molar-refractivity contribution is 5.72. The van der Waals surface area contributed by atoms with Crippen molar-refractivity contribution < 1.29 is 24.5 Å². The van der Waals surface area contributed by atoms with Crippen LogP contribution in [-0.4, -0.2) is 29.3 Å². The molecule has 94 valence electrons. The molecule has 1 rings (SSSR count). The van der Waals surface area contributed by atoms with E-state index in [-0.39, 0.29) is 12.8 Å². The lowest BCUT2D eigenvalue weighted by atomic mass is 10.0. The van der Waals surface area contributed by atoms with E-state index in [2.05, 4.69) is 11.8 Å². The minimum atomic E-state index is -1.02. The SMILES string of the molecule is COc1ccc(CC(=O)O)c(C#CCC(=O)O)c1. The van der Waals surface area contributed by atoms with Gasteiger partial charge >= 0.3 is 11.9 Å². The van der Waals surface area contributed by atoms with Crippen molar-refractivity contribution in [2.24, 2.45) is 0 Å². The molecule has 0 aliphatic heterocycles. The fraction of sp³-hybridized carbons (Fsp3) is 0.231. The summed E-state index contributed by atoms with van der Waals surface area (Å²) < 4.78 is 5.01. The lowest BCUT2D eigenvalue weighted by molar-refractivity contribution is -0.137. The molecule has 0 radical (unpaired) electrons. The Morgan fingerprint density at radius 1 is 1.28 bits per heavy atom. The van der Waals surface area contributed by atoms with Crippen molar-refractivity contribution in [2.75, 3.05) is 7.11 Å². The van der Waals surface area contributed by atoms with Gasteiger partial charge in [0.2, 0.25) is 0 Å². The molecule has 0 bridgehead atoms. The van der Waals surface area contributed by atoms with Crippen molar-refractivity contribution in [1.82, 2.24) is 0 Å². The second-order valence-electron chi connectivity index (χ2n) is 3.47. The molecule has 0 amide bonds. The average molecular weight is 248 g/mol. The van der Waals surface area contributed by atoms with Gasteiger partial charge in [-0.2, -0.15) is 0 Å². The molecule has 0 fully saturated rings. The minimum absolute atomic E-state index is 0.166. The molecule has 1 aromatic carbocycles. The van der Waals surface area contributed by atoms with Gasteiger partial charge in [-0.15, -0.1) is 0 Å². The van der Waals surface area contributed by atoms with Crippen LogP contribution in [0.25, 0.3) is 0 Å². The molecule has 0 saturated carbocycles. The van der Waals surface area contributed by atoms with Crippen LogP contribution in [0.3, 0.4) is 0 Å². The van der Waals surface area contributed by atoms with Crippen LogP contribution in [0.1, 0.15) is 17.5 Å². The molecule has 5 nitrogen and oxygen atoms in total. The van der Waals surface area contributed by atoms with Crippen LogP contribution in [0, 0.1) is 11.8 Å². The molecule has 18 heavy (non-hydrogen) atoms. The molecule has 0 heterocycles. The number of hydrogen-bond donors (Lipinski definition) is 2. The number of carboxylic acids is 2. The summed E-state index contributed by atoms with van der Waals surface area (Å²) in [5.41, 5.74) is 0.999. The fourth-order valence-electron chi connectivity index (χ4n) is 1.33. The Labute approximate surface area is 104 Å². The zero-order valence-electron chi connectivity index (χ0n) is 9.77. The molecule has 0 aromatic heterocycles. The van der Waals surface area contributed by atoms with Crippen LogP contribution in [0.4, 0.5) is 0 Å². The molecule has 0 saturated heterocycles. The fourth-order valence-corrected chi connectivity index (χ4v) is 1.33. The molecule has 1 aromatic rings. The minimum Gasteiger partial charge on any atom is -0.497 e. The molecule has 0 atom stereocenters. The lowest BCUT2D eigenvalue weighted by Crippen LogP contribution is -2.02. The van der Waals surface area contributed by atoms with Crippen LogP contribution >= 0.6 is 0 Å². The summed E-state index contributed by atoms with van der Waals surface area (Å²) in [5.74, 6) is 3.67. The Balaban J connectivity index is 3.05. The Hall–Kier alpha value is -2.48. The van der Waals surface area contributed by atoms with Crippen molar-refractivity contribution >= 4 is 11.9 Å². The molecule has 5 heteroatoms. The van der Waals surface area contributed by atoms with Crippen molar-refractivity contribution in [3.63, 3.8) is 0 Å². The first-order valence-electron chi connectivity index (χ1n) is 5.12. The van der Waals surface area contributed by atoms with E-state index in [4.69, 9.17) is 14.9 Å². The van der Waals surface area contributed by atoms with Crippen LogP contribution < -0.4 is 4.74 Å². The second kappa shape index (κ2) is 6.30. The van der Waals surface area contributed by atoms with Gasteiger partial charge < -0.3 is 14.9 Å². The number of hydrogen-bond acceptors (Lipinski definition) is 3. The summed E-state index contributed by atoms with van der Waals surface area (Å²) in [6, 6.07) is 4.84. The maximum atomic E-state index is 10.7. The first-order chi connectivity index (χ1) is 8.52. The van der Waals surface area contributed by atoms with Gasteiger partial charge in [0, 0.05) is 5.56 Å². The standard InChI is InChI=1S/C13H12O5/c1-18-11-6-5-10(8-13(16)17)9(7-11)3-2-4-12(14)15/h5-7H,4,8H2,1H3,(H,14,15)(H,16,17). The zero-order valence-corrected chi connectivity index (χ0v) is 9.77. The van der Waals surface area contributed by atoms with E-state index in [0.29, 0.717) is 16.9 Å². The molecule has 0 unspecified atom stereocenters. The summed E-state index contributed by atoms with van der Waals surface area (Å²) >= 11 is 0. The van der Waals surface area contributed by atoms with Crippen molar-refractivity contribution in [1.29, 1.82) is 0 Å². The highest BCUT2D eigenvalue weighted by Gasteiger charge is 2.06. The number of rotatable bonds is 4. The van der Waals surface area contributed by atoms with E-state index >= 15 is 0 Å². The van der Waals surface area contributed by atoms with Gasteiger partial charge in [-0.05, 0) is 17.7 Å². The van der Waals surface area contributed by atoms with Gasteiger partial charge in [-0.1, -0.05) is 17.9 Å². The third-order valence-electron chi connectivity index (χ3n) is 2.12. The Morgan fingerprint density at radius 3 is 2.56 bits per heavy atom. The number of methoxy groups -OCH3 is 1. The second-order valence-corrected chi connectivity index (χ2v) is 3.47. The third kappa shape index (κ3) is 4.18. The first-order valence-corrected chi connectivity index (χ1v) is 5.12. The first kappa shape index (κ1) is 13.6. The van der Waals surface area contributed by atoms with E-state index in [1.165, 1.54) is 7.11 Å². The quantitative estimate of drug-likeness (QED) is 0.781. The van der Waals surface area contributed by atoms with Crippen LogP contribution in [-0.2, 0) is 16.0 Å². The van der Waals surface area contributed by atoms with E-state index in [1.54, 1.807) is 18.2 Å². The summed E-state index contributed by atoms with van der Waals surface area (Å²) in [7, 11) is 1.49. The smallest absolute Gasteiger partial charge is 0.315 e. The largest absolute Gasteiger partial charge is 0.497 e. The van der Waals surface area contributed by atoms with Crippen LogP contribution in [0.5, 0.6) is 5.75 Å². The summed E-state index contributed by atoms with van der Waals surface area (Å²) in [6.07, 6.45) is -0.454. The monoisotopic (exact) mass is 248 g/mol. The number of aliphatic carboxylic acids is 2. The van der Waals surface area contributed by atoms with Crippen molar-refractivity contribution in [3.8, 4) is 17.6 Å². The van der Waals surface area contributed by atoms with Gasteiger partial charge in [0.15, 0.2) is 0 Å². The zero-order chi connectivity index (χ0) is 13.5. The molecule has 0 spiro atoms. The number of ether oxygens (including phenoxy) is 1. The van der Waals surface area contributed by atoms with Gasteiger partial charge in [0.05, 0.1) is 13.5 Å².